The summed E-state index contributed by atoms with van der Waals surface area (Å²) in [6.07, 6.45) is 1.74. The van der Waals surface area contributed by atoms with Crippen molar-refractivity contribution < 1.29 is 22.7 Å². The van der Waals surface area contributed by atoms with Crippen LogP contribution in [-0.4, -0.2) is 44.7 Å². The van der Waals surface area contributed by atoms with Crippen LogP contribution in [0.4, 0.5) is 5.13 Å². The second-order valence-corrected chi connectivity index (χ2v) is 10.9. The Morgan fingerprint density at radius 2 is 1.76 bits per heavy atom. The molecule has 3 aromatic rings. The highest BCUT2D eigenvalue weighted by molar-refractivity contribution is 7.89. The molecule has 0 bridgehead atoms. The van der Waals surface area contributed by atoms with E-state index in [0.29, 0.717) is 34.1 Å². The summed E-state index contributed by atoms with van der Waals surface area (Å²) in [7, 11) is -3.24. The standard InChI is InChI=1S/C24H26N2O5S2/c1-4-31-23(28)21-17(2)32-24(25-21)26(14-13-18-9-6-5-7-10-18)22(27)20-12-8-11-19(15-20)16-33(3,29)30/h5-12,15H,4,13-14,16H2,1-3H3. The molecule has 0 aliphatic carbocycles. The van der Waals surface area contributed by atoms with E-state index in [1.165, 1.54) is 16.2 Å². The number of nitrogens with zero attached hydrogens (tertiary/aromatic N) is 2. The van der Waals surface area contributed by atoms with Gasteiger partial charge in [0.1, 0.15) is 0 Å². The number of thiazole rings is 1. The summed E-state index contributed by atoms with van der Waals surface area (Å²) in [6, 6.07) is 16.3. The van der Waals surface area contributed by atoms with Crippen LogP contribution >= 0.6 is 11.3 Å². The molecular weight excluding hydrogens is 460 g/mol. The topological polar surface area (TPSA) is 93.6 Å². The quantitative estimate of drug-likeness (QED) is 0.424. The van der Waals surface area contributed by atoms with Crippen LogP contribution in [0.2, 0.25) is 0 Å². The molecule has 3 rings (SSSR count). The lowest BCUT2D eigenvalue weighted by Gasteiger charge is -2.20. The van der Waals surface area contributed by atoms with Gasteiger partial charge in [-0.15, -0.1) is 11.3 Å². The third-order valence-corrected chi connectivity index (χ3v) is 6.65. The first kappa shape index (κ1) is 24.6. The number of amides is 1. The highest BCUT2D eigenvalue weighted by Crippen LogP contribution is 2.28. The van der Waals surface area contributed by atoms with E-state index in [1.54, 1.807) is 38.1 Å². The lowest BCUT2D eigenvalue weighted by molar-refractivity contribution is 0.0519. The van der Waals surface area contributed by atoms with Crippen molar-refractivity contribution in [3.8, 4) is 0 Å². The second-order valence-electron chi connectivity index (χ2n) is 7.58. The van der Waals surface area contributed by atoms with E-state index in [1.807, 2.05) is 30.3 Å². The van der Waals surface area contributed by atoms with Crippen molar-refractivity contribution in [2.45, 2.75) is 26.0 Å². The zero-order valence-electron chi connectivity index (χ0n) is 18.8. The van der Waals surface area contributed by atoms with Crippen molar-refractivity contribution in [1.82, 2.24) is 4.98 Å². The van der Waals surface area contributed by atoms with Gasteiger partial charge >= 0.3 is 5.97 Å². The smallest absolute Gasteiger partial charge is 0.358 e. The fourth-order valence-electron chi connectivity index (χ4n) is 3.31. The summed E-state index contributed by atoms with van der Waals surface area (Å²) >= 11 is 1.25. The molecule has 1 heterocycles. The highest BCUT2D eigenvalue weighted by Gasteiger charge is 2.25. The van der Waals surface area contributed by atoms with E-state index >= 15 is 0 Å². The average Bonchev–Trinajstić information content (AvgIpc) is 3.15. The van der Waals surface area contributed by atoms with E-state index in [2.05, 4.69) is 4.98 Å². The van der Waals surface area contributed by atoms with Gasteiger partial charge in [0.05, 0.1) is 12.4 Å². The van der Waals surface area contributed by atoms with Gasteiger partial charge in [-0.1, -0.05) is 42.5 Å². The molecular formula is C24H26N2O5S2. The zero-order chi connectivity index (χ0) is 24.0. The highest BCUT2D eigenvalue weighted by atomic mass is 32.2. The molecule has 0 spiro atoms. The number of sulfone groups is 1. The first-order valence-corrected chi connectivity index (χ1v) is 13.3. The summed E-state index contributed by atoms with van der Waals surface area (Å²) in [5.41, 5.74) is 2.14. The molecule has 2 aromatic carbocycles. The minimum absolute atomic E-state index is 0.151. The van der Waals surface area contributed by atoms with Gasteiger partial charge < -0.3 is 4.74 Å². The van der Waals surface area contributed by atoms with Gasteiger partial charge in [-0.2, -0.15) is 0 Å². The maximum Gasteiger partial charge on any atom is 0.358 e. The molecule has 0 aliphatic rings. The van der Waals surface area contributed by atoms with Crippen LogP contribution in [0.15, 0.2) is 54.6 Å². The van der Waals surface area contributed by atoms with Crippen molar-refractivity contribution in [1.29, 1.82) is 0 Å². The number of aryl methyl sites for hydroxylation is 1. The third kappa shape index (κ3) is 6.72. The van der Waals surface area contributed by atoms with Crippen LogP contribution in [0, 0.1) is 6.92 Å². The molecule has 0 N–H and O–H groups in total. The molecule has 1 amide bonds. The largest absolute Gasteiger partial charge is 0.461 e. The van der Waals surface area contributed by atoms with Gasteiger partial charge in [0.2, 0.25) is 0 Å². The Bertz CT molecular complexity index is 1240. The van der Waals surface area contributed by atoms with E-state index in [0.717, 1.165) is 11.8 Å². The van der Waals surface area contributed by atoms with Crippen LogP contribution < -0.4 is 4.90 Å². The number of benzene rings is 2. The van der Waals surface area contributed by atoms with Gasteiger partial charge in [0.25, 0.3) is 5.91 Å². The first-order chi connectivity index (χ1) is 15.7. The molecule has 0 fully saturated rings. The van der Waals surface area contributed by atoms with E-state index in [9.17, 15) is 18.0 Å². The summed E-state index contributed by atoms with van der Waals surface area (Å²) in [6.45, 7) is 4.06. The monoisotopic (exact) mass is 486 g/mol. The van der Waals surface area contributed by atoms with Crippen LogP contribution in [0.1, 0.15) is 43.8 Å². The van der Waals surface area contributed by atoms with Gasteiger partial charge in [-0.25, -0.2) is 18.2 Å². The predicted molar refractivity (Wildman–Crippen MR) is 130 cm³/mol. The Morgan fingerprint density at radius 3 is 2.42 bits per heavy atom. The molecule has 7 nitrogen and oxygen atoms in total. The number of rotatable bonds is 9. The molecule has 1 aromatic heterocycles. The number of carbonyl (C=O) groups is 2. The number of hydrogen-bond donors (Lipinski definition) is 0. The second kappa shape index (κ2) is 10.7. The Hall–Kier alpha value is -3.04. The fraction of sp³-hybridized carbons (Fsp3) is 0.292. The average molecular weight is 487 g/mol. The van der Waals surface area contributed by atoms with Crippen molar-refractivity contribution in [2.24, 2.45) is 0 Å². The molecule has 0 saturated heterocycles. The lowest BCUT2D eigenvalue weighted by Crippen LogP contribution is -2.33. The number of hydrogen-bond acceptors (Lipinski definition) is 7. The molecule has 9 heteroatoms. The maximum atomic E-state index is 13.5. The summed E-state index contributed by atoms with van der Waals surface area (Å²) in [5, 5.41) is 0.394. The number of esters is 1. The number of anilines is 1. The Kier molecular flexibility index (Phi) is 7.99. The van der Waals surface area contributed by atoms with E-state index in [4.69, 9.17) is 4.74 Å². The Labute approximate surface area is 198 Å². The van der Waals surface area contributed by atoms with Crippen molar-refractivity contribution in [3.63, 3.8) is 0 Å². The molecule has 0 unspecified atom stereocenters. The van der Waals surface area contributed by atoms with Crippen molar-refractivity contribution in [3.05, 3.63) is 81.9 Å². The van der Waals surface area contributed by atoms with Crippen LogP contribution in [0.25, 0.3) is 0 Å². The molecule has 0 saturated carbocycles. The minimum Gasteiger partial charge on any atom is -0.461 e. The van der Waals surface area contributed by atoms with Crippen LogP contribution in [0.3, 0.4) is 0 Å². The normalized spacial score (nSPS) is 11.2. The summed E-state index contributed by atoms with van der Waals surface area (Å²) in [5.74, 6) is -0.991. The van der Waals surface area contributed by atoms with Crippen LogP contribution in [0.5, 0.6) is 0 Å². The minimum atomic E-state index is -3.24. The summed E-state index contributed by atoms with van der Waals surface area (Å²) in [4.78, 5) is 32.4. The lowest BCUT2D eigenvalue weighted by atomic mass is 10.1. The van der Waals surface area contributed by atoms with Crippen molar-refractivity contribution >= 4 is 38.2 Å². The number of aromatic nitrogens is 1. The fourth-order valence-corrected chi connectivity index (χ4v) is 5.01. The van der Waals surface area contributed by atoms with Gasteiger partial charge in [0.15, 0.2) is 20.7 Å². The number of carbonyl (C=O) groups excluding carboxylic acids is 2. The molecule has 0 radical (unpaired) electrons. The molecule has 0 aliphatic heterocycles. The summed E-state index contributed by atoms with van der Waals surface area (Å²) < 4.78 is 28.5. The first-order valence-electron chi connectivity index (χ1n) is 10.4. The van der Waals surface area contributed by atoms with E-state index in [-0.39, 0.29) is 24.0 Å². The maximum absolute atomic E-state index is 13.5. The SMILES string of the molecule is CCOC(=O)c1nc(N(CCc2ccccc2)C(=O)c2cccc(CS(C)(=O)=O)c2)sc1C. The molecule has 174 valence electrons. The third-order valence-electron chi connectivity index (χ3n) is 4.80. The van der Waals surface area contributed by atoms with Gasteiger partial charge in [0, 0.05) is 23.2 Å². The van der Waals surface area contributed by atoms with E-state index < -0.39 is 15.8 Å². The van der Waals surface area contributed by atoms with Gasteiger partial charge in [-0.05, 0) is 43.5 Å². The Balaban J connectivity index is 1.95. The van der Waals surface area contributed by atoms with Gasteiger partial charge in [-0.3, -0.25) is 9.69 Å². The zero-order valence-corrected chi connectivity index (χ0v) is 20.4. The number of ether oxygens (including phenoxy) is 1. The molecule has 0 atom stereocenters. The van der Waals surface area contributed by atoms with Crippen molar-refractivity contribution in [2.75, 3.05) is 24.3 Å². The molecule has 33 heavy (non-hydrogen) atoms. The predicted octanol–water partition coefficient (Wildman–Crippen LogP) is 4.06. The Morgan fingerprint density at radius 1 is 1.06 bits per heavy atom. The van der Waals surface area contributed by atoms with Crippen LogP contribution in [-0.2, 0) is 26.7 Å².